The van der Waals surface area contributed by atoms with Crippen LogP contribution in [0.1, 0.15) is 36.6 Å². The summed E-state index contributed by atoms with van der Waals surface area (Å²) in [6.07, 6.45) is 5.53. The number of likely N-dealkylation sites (N-methyl/N-ethyl adjacent to an activating group) is 1. The molecule has 1 aliphatic carbocycles. The van der Waals surface area contributed by atoms with Gasteiger partial charge < -0.3 is 5.32 Å². The van der Waals surface area contributed by atoms with Crippen LogP contribution in [-0.4, -0.2) is 17.6 Å². The average molecular weight is 280 g/mol. The lowest BCUT2D eigenvalue weighted by Gasteiger charge is -2.28. The number of aryl methyl sites for hydroxylation is 1. The van der Waals surface area contributed by atoms with E-state index in [9.17, 15) is 0 Å². The predicted octanol–water partition coefficient (Wildman–Crippen LogP) is 3.64. The highest BCUT2D eigenvalue weighted by Crippen LogP contribution is 2.51. The smallest absolute Gasteiger partial charge is 0.0419 e. The summed E-state index contributed by atoms with van der Waals surface area (Å²) < 4.78 is 0. The first-order valence-corrected chi connectivity index (χ1v) is 7.95. The average Bonchev–Trinajstić information content (AvgIpc) is 3.32. The Kier molecular flexibility index (Phi) is 4.07. The molecule has 110 valence electrons. The number of hydrogen-bond acceptors (Lipinski definition) is 2. The standard InChI is InChI=1S/C19H24N2/c1-3-20-18(13-17-10-9-15(2)14-21-17)19(11-12-19)16-7-5-4-6-8-16/h4-10,14,18,20H,3,11-13H2,1-2H3. The summed E-state index contributed by atoms with van der Waals surface area (Å²) in [5.74, 6) is 0. The summed E-state index contributed by atoms with van der Waals surface area (Å²) in [7, 11) is 0. The van der Waals surface area contributed by atoms with E-state index < -0.39 is 0 Å². The van der Waals surface area contributed by atoms with E-state index in [1.54, 1.807) is 0 Å². The Hall–Kier alpha value is -1.67. The topological polar surface area (TPSA) is 24.9 Å². The molecule has 3 rings (SSSR count). The first-order valence-electron chi connectivity index (χ1n) is 7.95. The number of rotatable bonds is 6. The van der Waals surface area contributed by atoms with Gasteiger partial charge in [0.1, 0.15) is 0 Å². The second kappa shape index (κ2) is 5.98. The second-order valence-electron chi connectivity index (χ2n) is 6.16. The first-order chi connectivity index (χ1) is 10.2. The van der Waals surface area contributed by atoms with Gasteiger partial charge in [-0.05, 0) is 43.5 Å². The number of hydrogen-bond donors (Lipinski definition) is 1. The van der Waals surface area contributed by atoms with Crippen molar-refractivity contribution in [3.63, 3.8) is 0 Å². The molecular weight excluding hydrogens is 256 g/mol. The molecule has 2 nitrogen and oxygen atoms in total. The van der Waals surface area contributed by atoms with Gasteiger partial charge in [-0.25, -0.2) is 0 Å². The molecule has 0 aliphatic heterocycles. The summed E-state index contributed by atoms with van der Waals surface area (Å²) in [6, 6.07) is 15.8. The number of benzene rings is 1. The Balaban J connectivity index is 1.83. The molecule has 1 aliphatic rings. The lowest BCUT2D eigenvalue weighted by atomic mass is 9.85. The molecule has 1 heterocycles. The largest absolute Gasteiger partial charge is 0.313 e. The van der Waals surface area contributed by atoms with E-state index in [0.29, 0.717) is 11.5 Å². The molecule has 21 heavy (non-hydrogen) atoms. The monoisotopic (exact) mass is 280 g/mol. The van der Waals surface area contributed by atoms with E-state index in [4.69, 9.17) is 0 Å². The Morgan fingerprint density at radius 1 is 1.14 bits per heavy atom. The highest BCUT2D eigenvalue weighted by molar-refractivity contribution is 5.34. The van der Waals surface area contributed by atoms with Crippen LogP contribution in [0.4, 0.5) is 0 Å². The fourth-order valence-corrected chi connectivity index (χ4v) is 3.28. The Morgan fingerprint density at radius 3 is 2.48 bits per heavy atom. The number of nitrogens with zero attached hydrogens (tertiary/aromatic N) is 1. The number of nitrogens with one attached hydrogen (secondary N) is 1. The van der Waals surface area contributed by atoms with Gasteiger partial charge in [0, 0.05) is 29.8 Å². The van der Waals surface area contributed by atoms with E-state index in [0.717, 1.165) is 13.0 Å². The maximum absolute atomic E-state index is 4.60. The van der Waals surface area contributed by atoms with Gasteiger partial charge in [0.2, 0.25) is 0 Å². The zero-order chi connectivity index (χ0) is 14.7. The molecule has 1 fully saturated rings. The Bertz CT molecular complexity index is 570. The van der Waals surface area contributed by atoms with Gasteiger partial charge in [-0.15, -0.1) is 0 Å². The third-order valence-electron chi connectivity index (χ3n) is 4.64. The van der Waals surface area contributed by atoms with Crippen molar-refractivity contribution in [2.45, 2.75) is 44.6 Å². The minimum absolute atomic E-state index is 0.309. The van der Waals surface area contributed by atoms with Crippen molar-refractivity contribution >= 4 is 0 Å². The van der Waals surface area contributed by atoms with Crippen molar-refractivity contribution in [2.75, 3.05) is 6.54 Å². The second-order valence-corrected chi connectivity index (χ2v) is 6.16. The lowest BCUT2D eigenvalue weighted by Crippen LogP contribution is -2.42. The fraction of sp³-hybridized carbons (Fsp3) is 0.421. The third kappa shape index (κ3) is 3.01. The molecule has 1 atom stereocenters. The molecule has 0 spiro atoms. The van der Waals surface area contributed by atoms with Crippen molar-refractivity contribution in [2.24, 2.45) is 0 Å². The lowest BCUT2D eigenvalue weighted by molar-refractivity contribution is 0.418. The first kappa shape index (κ1) is 14.3. The molecule has 1 unspecified atom stereocenters. The normalized spacial score (nSPS) is 17.4. The highest BCUT2D eigenvalue weighted by Gasteiger charge is 2.50. The van der Waals surface area contributed by atoms with Crippen molar-refractivity contribution in [3.05, 3.63) is 65.5 Å². The maximum atomic E-state index is 4.60. The third-order valence-corrected chi connectivity index (χ3v) is 4.64. The SMILES string of the molecule is CCNC(Cc1ccc(C)cn1)C1(c2ccccc2)CC1. The van der Waals surface area contributed by atoms with E-state index in [2.05, 4.69) is 66.6 Å². The van der Waals surface area contributed by atoms with Gasteiger partial charge in [0.05, 0.1) is 0 Å². The van der Waals surface area contributed by atoms with Crippen LogP contribution < -0.4 is 5.32 Å². The van der Waals surface area contributed by atoms with Crippen LogP contribution in [0.2, 0.25) is 0 Å². The summed E-state index contributed by atoms with van der Waals surface area (Å²) in [5, 5.41) is 3.71. The minimum Gasteiger partial charge on any atom is -0.313 e. The Labute approximate surface area is 127 Å². The molecule has 0 bridgehead atoms. The van der Waals surface area contributed by atoms with Gasteiger partial charge in [0.25, 0.3) is 0 Å². The summed E-state index contributed by atoms with van der Waals surface area (Å²) in [4.78, 5) is 4.60. The number of aromatic nitrogens is 1. The van der Waals surface area contributed by atoms with Crippen LogP contribution in [-0.2, 0) is 11.8 Å². The van der Waals surface area contributed by atoms with Crippen molar-refractivity contribution in [1.29, 1.82) is 0 Å². The van der Waals surface area contributed by atoms with Crippen LogP contribution in [0.15, 0.2) is 48.7 Å². The molecule has 1 aromatic heterocycles. The van der Waals surface area contributed by atoms with Gasteiger partial charge in [0.15, 0.2) is 0 Å². The van der Waals surface area contributed by atoms with Gasteiger partial charge in [-0.1, -0.05) is 43.3 Å². The minimum atomic E-state index is 0.309. The van der Waals surface area contributed by atoms with Crippen LogP contribution in [0, 0.1) is 6.92 Å². The van der Waals surface area contributed by atoms with E-state index in [1.807, 2.05) is 6.20 Å². The van der Waals surface area contributed by atoms with Crippen molar-refractivity contribution in [3.8, 4) is 0 Å². The number of pyridine rings is 1. The molecule has 2 aromatic rings. The van der Waals surface area contributed by atoms with Crippen molar-refractivity contribution in [1.82, 2.24) is 10.3 Å². The highest BCUT2D eigenvalue weighted by atomic mass is 14.9. The van der Waals surface area contributed by atoms with Gasteiger partial charge >= 0.3 is 0 Å². The van der Waals surface area contributed by atoms with Crippen LogP contribution in [0.25, 0.3) is 0 Å². The molecule has 0 amide bonds. The molecule has 2 heteroatoms. The fourth-order valence-electron chi connectivity index (χ4n) is 3.28. The molecule has 1 aromatic carbocycles. The van der Waals surface area contributed by atoms with Crippen LogP contribution in [0.3, 0.4) is 0 Å². The van der Waals surface area contributed by atoms with Crippen molar-refractivity contribution < 1.29 is 0 Å². The summed E-state index contributed by atoms with van der Waals surface area (Å²) in [5.41, 5.74) is 4.20. The molecule has 0 radical (unpaired) electrons. The molecule has 1 N–H and O–H groups in total. The van der Waals surface area contributed by atoms with Gasteiger partial charge in [-0.3, -0.25) is 4.98 Å². The van der Waals surface area contributed by atoms with E-state index >= 15 is 0 Å². The van der Waals surface area contributed by atoms with E-state index in [1.165, 1.54) is 29.7 Å². The zero-order valence-electron chi connectivity index (χ0n) is 13.0. The van der Waals surface area contributed by atoms with Gasteiger partial charge in [-0.2, -0.15) is 0 Å². The van der Waals surface area contributed by atoms with E-state index in [-0.39, 0.29) is 0 Å². The zero-order valence-corrected chi connectivity index (χ0v) is 13.0. The predicted molar refractivity (Wildman–Crippen MR) is 87.5 cm³/mol. The molecule has 1 saturated carbocycles. The quantitative estimate of drug-likeness (QED) is 0.874. The van der Waals surface area contributed by atoms with Crippen LogP contribution in [0.5, 0.6) is 0 Å². The maximum Gasteiger partial charge on any atom is 0.0419 e. The summed E-state index contributed by atoms with van der Waals surface area (Å²) >= 11 is 0. The Morgan fingerprint density at radius 2 is 1.90 bits per heavy atom. The van der Waals surface area contributed by atoms with Crippen LogP contribution >= 0.6 is 0 Å². The molecule has 0 saturated heterocycles. The molecular formula is C19H24N2. The summed E-state index contributed by atoms with van der Waals surface area (Å²) in [6.45, 7) is 5.28.